The zero-order valence-corrected chi connectivity index (χ0v) is 12.2. The number of aliphatic carboxylic acids is 1. The van der Waals surface area contributed by atoms with Crippen molar-refractivity contribution in [2.24, 2.45) is 0 Å². The first-order valence-electron chi connectivity index (χ1n) is 6.82. The first kappa shape index (κ1) is 14.3. The first-order valence-corrected chi connectivity index (χ1v) is 6.82. The summed E-state index contributed by atoms with van der Waals surface area (Å²) in [6.45, 7) is 6.16. The van der Waals surface area contributed by atoms with E-state index >= 15 is 0 Å². The number of aromatic nitrogens is 2. The van der Waals surface area contributed by atoms with E-state index in [9.17, 15) is 4.79 Å². The minimum Gasteiger partial charge on any atom is -0.481 e. The Labute approximate surface area is 119 Å². The van der Waals surface area contributed by atoms with Gasteiger partial charge in [0.25, 0.3) is 0 Å². The maximum Gasteiger partial charge on any atom is 0.303 e. The molecular weight excluding hydrogens is 252 g/mol. The van der Waals surface area contributed by atoms with Crippen molar-refractivity contribution in [1.82, 2.24) is 9.55 Å². The number of hydrogen-bond donors (Lipinski definition) is 1. The summed E-state index contributed by atoms with van der Waals surface area (Å²) in [4.78, 5) is 15.2. The molecule has 0 aliphatic carbocycles. The van der Waals surface area contributed by atoms with Gasteiger partial charge in [-0.2, -0.15) is 0 Å². The maximum absolute atomic E-state index is 10.6. The van der Waals surface area contributed by atoms with Gasteiger partial charge in [-0.1, -0.05) is 0 Å². The van der Waals surface area contributed by atoms with Crippen LogP contribution in [0.25, 0.3) is 5.82 Å². The summed E-state index contributed by atoms with van der Waals surface area (Å²) in [7, 11) is 0. The number of carboxylic acids is 1. The van der Waals surface area contributed by atoms with Gasteiger partial charge in [0, 0.05) is 23.5 Å². The molecule has 0 radical (unpaired) electrons. The summed E-state index contributed by atoms with van der Waals surface area (Å²) in [6, 6.07) is 8.23. The predicted molar refractivity (Wildman–Crippen MR) is 78.3 cm³/mol. The van der Waals surface area contributed by atoms with Crippen LogP contribution in [0.4, 0.5) is 0 Å². The summed E-state index contributed by atoms with van der Waals surface area (Å²) in [5.74, 6) is 0.158. The first-order chi connectivity index (χ1) is 9.47. The molecule has 2 rings (SSSR count). The number of pyridine rings is 1. The van der Waals surface area contributed by atoms with E-state index < -0.39 is 5.97 Å². The van der Waals surface area contributed by atoms with Gasteiger partial charge < -0.3 is 9.67 Å². The van der Waals surface area contributed by atoms with Gasteiger partial charge >= 0.3 is 5.97 Å². The van der Waals surface area contributed by atoms with Crippen LogP contribution in [0.2, 0.25) is 0 Å². The molecule has 0 aliphatic heterocycles. The highest BCUT2D eigenvalue weighted by Crippen LogP contribution is 2.17. The van der Waals surface area contributed by atoms with Crippen molar-refractivity contribution in [1.29, 1.82) is 0 Å². The molecule has 0 saturated carbocycles. The van der Waals surface area contributed by atoms with Crippen LogP contribution in [0.3, 0.4) is 0 Å². The van der Waals surface area contributed by atoms with Crippen LogP contribution >= 0.6 is 0 Å². The van der Waals surface area contributed by atoms with E-state index in [0.29, 0.717) is 12.8 Å². The molecule has 2 heterocycles. The number of carboxylic acid groups (broad SMARTS) is 1. The topological polar surface area (TPSA) is 55.1 Å². The minimum absolute atomic E-state index is 0.187. The van der Waals surface area contributed by atoms with Gasteiger partial charge in [0.1, 0.15) is 5.82 Å². The van der Waals surface area contributed by atoms with E-state index in [-0.39, 0.29) is 6.42 Å². The Bertz CT molecular complexity index is 610. The monoisotopic (exact) mass is 272 g/mol. The smallest absolute Gasteiger partial charge is 0.303 e. The van der Waals surface area contributed by atoms with Crippen LogP contribution in [0.15, 0.2) is 24.3 Å². The normalized spacial score (nSPS) is 10.8. The molecule has 0 unspecified atom stereocenters. The number of nitrogens with zero attached hydrogens (tertiary/aromatic N) is 2. The molecule has 0 atom stereocenters. The quantitative estimate of drug-likeness (QED) is 0.909. The predicted octanol–water partition coefficient (Wildman–Crippen LogP) is 3.20. The molecule has 1 N–H and O–H groups in total. The molecule has 0 aromatic carbocycles. The molecule has 0 bridgehead atoms. The zero-order chi connectivity index (χ0) is 14.7. The third-order valence-electron chi connectivity index (χ3n) is 3.33. The Morgan fingerprint density at radius 2 is 1.85 bits per heavy atom. The second-order valence-corrected chi connectivity index (χ2v) is 5.19. The van der Waals surface area contributed by atoms with Crippen LogP contribution in [0.5, 0.6) is 0 Å². The zero-order valence-electron chi connectivity index (χ0n) is 12.2. The highest BCUT2D eigenvalue weighted by Gasteiger charge is 2.08. The molecule has 0 saturated heterocycles. The molecule has 0 spiro atoms. The Morgan fingerprint density at radius 3 is 2.45 bits per heavy atom. The molecule has 4 nitrogen and oxygen atoms in total. The Balaban J connectivity index is 2.27. The second-order valence-electron chi connectivity index (χ2n) is 5.19. The third-order valence-corrected chi connectivity index (χ3v) is 3.33. The number of rotatable bonds is 5. The molecule has 2 aromatic rings. The second kappa shape index (κ2) is 5.90. The summed E-state index contributed by atoms with van der Waals surface area (Å²) in [6.07, 6.45) is 1.50. The molecule has 0 amide bonds. The SMILES string of the molecule is Cc1cc(CCCC(=O)O)nc(-n2c(C)ccc2C)c1. The van der Waals surface area contributed by atoms with Crippen LogP contribution in [0, 0.1) is 20.8 Å². The molecule has 2 aromatic heterocycles. The Morgan fingerprint density at radius 1 is 1.20 bits per heavy atom. The summed E-state index contributed by atoms with van der Waals surface area (Å²) >= 11 is 0. The molecular formula is C16H20N2O2. The lowest BCUT2D eigenvalue weighted by molar-refractivity contribution is -0.137. The molecule has 20 heavy (non-hydrogen) atoms. The van der Waals surface area contributed by atoms with Gasteiger partial charge in [-0.05, 0) is 63.4 Å². The molecule has 0 aliphatic rings. The Kier molecular flexibility index (Phi) is 4.23. The summed E-state index contributed by atoms with van der Waals surface area (Å²) in [5, 5.41) is 8.70. The average molecular weight is 272 g/mol. The van der Waals surface area contributed by atoms with Crippen molar-refractivity contribution < 1.29 is 9.90 Å². The summed E-state index contributed by atoms with van der Waals surface area (Å²) in [5.41, 5.74) is 4.40. The van der Waals surface area contributed by atoms with E-state index in [1.54, 1.807) is 0 Å². The van der Waals surface area contributed by atoms with Crippen molar-refractivity contribution in [2.45, 2.75) is 40.0 Å². The van der Waals surface area contributed by atoms with Crippen LogP contribution < -0.4 is 0 Å². The fourth-order valence-corrected chi connectivity index (χ4v) is 2.41. The number of carbonyl (C=O) groups is 1. The van der Waals surface area contributed by atoms with E-state index in [0.717, 1.165) is 28.5 Å². The van der Waals surface area contributed by atoms with Crippen molar-refractivity contribution in [3.8, 4) is 5.82 Å². The highest BCUT2D eigenvalue weighted by atomic mass is 16.4. The number of hydrogen-bond acceptors (Lipinski definition) is 2. The van der Waals surface area contributed by atoms with Crippen LogP contribution in [-0.2, 0) is 11.2 Å². The van der Waals surface area contributed by atoms with Gasteiger partial charge in [0.05, 0.1) is 0 Å². The fraction of sp³-hybridized carbons (Fsp3) is 0.375. The van der Waals surface area contributed by atoms with Crippen molar-refractivity contribution >= 4 is 5.97 Å². The molecule has 0 fully saturated rings. The van der Waals surface area contributed by atoms with Gasteiger partial charge in [0.15, 0.2) is 0 Å². The van der Waals surface area contributed by atoms with Crippen molar-refractivity contribution in [2.75, 3.05) is 0 Å². The number of aryl methyl sites for hydroxylation is 4. The van der Waals surface area contributed by atoms with Crippen LogP contribution in [0.1, 0.15) is 35.5 Å². The van der Waals surface area contributed by atoms with Gasteiger partial charge in [-0.25, -0.2) is 4.98 Å². The van der Waals surface area contributed by atoms with Crippen LogP contribution in [-0.4, -0.2) is 20.6 Å². The lowest BCUT2D eigenvalue weighted by Gasteiger charge is -2.11. The average Bonchev–Trinajstić information content (AvgIpc) is 2.68. The van der Waals surface area contributed by atoms with Gasteiger partial charge in [-0.15, -0.1) is 0 Å². The maximum atomic E-state index is 10.6. The standard InChI is InChI=1S/C16H20N2O2/c1-11-9-14(5-4-6-16(19)20)17-15(10-11)18-12(2)7-8-13(18)3/h7-10H,4-6H2,1-3H3,(H,19,20). The van der Waals surface area contributed by atoms with E-state index in [4.69, 9.17) is 5.11 Å². The third kappa shape index (κ3) is 3.26. The van der Waals surface area contributed by atoms with E-state index in [2.05, 4.69) is 41.6 Å². The molecule has 106 valence electrons. The van der Waals surface area contributed by atoms with E-state index in [1.165, 1.54) is 0 Å². The largest absolute Gasteiger partial charge is 0.481 e. The summed E-state index contributed by atoms with van der Waals surface area (Å²) < 4.78 is 2.12. The molecule has 4 heteroatoms. The fourth-order valence-electron chi connectivity index (χ4n) is 2.41. The minimum atomic E-state index is -0.755. The lowest BCUT2D eigenvalue weighted by atomic mass is 10.1. The van der Waals surface area contributed by atoms with Gasteiger partial charge in [-0.3, -0.25) is 4.79 Å². The van der Waals surface area contributed by atoms with Crippen molar-refractivity contribution in [3.05, 3.63) is 46.9 Å². The van der Waals surface area contributed by atoms with Crippen molar-refractivity contribution in [3.63, 3.8) is 0 Å². The van der Waals surface area contributed by atoms with E-state index in [1.807, 2.05) is 13.0 Å². The Hall–Kier alpha value is -2.10. The van der Waals surface area contributed by atoms with Gasteiger partial charge in [0.2, 0.25) is 0 Å². The highest BCUT2D eigenvalue weighted by molar-refractivity contribution is 5.66. The lowest BCUT2D eigenvalue weighted by Crippen LogP contribution is -2.05.